The minimum atomic E-state index is -0.251. The molecule has 19 heavy (non-hydrogen) atoms. The maximum absolute atomic E-state index is 13.4. The van der Waals surface area contributed by atoms with Crippen LogP contribution in [0.4, 0.5) is 4.39 Å². The van der Waals surface area contributed by atoms with Crippen LogP contribution in [0, 0.1) is 5.82 Å². The summed E-state index contributed by atoms with van der Waals surface area (Å²) in [6.07, 6.45) is 3.52. The van der Waals surface area contributed by atoms with E-state index in [9.17, 15) is 4.39 Å². The van der Waals surface area contributed by atoms with Gasteiger partial charge in [-0.05, 0) is 37.5 Å². The van der Waals surface area contributed by atoms with Crippen molar-refractivity contribution in [2.24, 2.45) is 0 Å². The summed E-state index contributed by atoms with van der Waals surface area (Å²) in [7, 11) is 0. The third kappa shape index (κ3) is 2.60. The topological polar surface area (TPSA) is 27.1 Å². The molecule has 1 aromatic heterocycles. The zero-order valence-corrected chi connectivity index (χ0v) is 11.4. The van der Waals surface area contributed by atoms with E-state index in [1.54, 1.807) is 6.07 Å². The molecule has 0 N–H and O–H groups in total. The molecule has 0 saturated carbocycles. The molecule has 0 bridgehead atoms. The lowest BCUT2D eigenvalue weighted by Crippen LogP contribution is -2.25. The molecule has 1 aromatic carbocycles. The van der Waals surface area contributed by atoms with Gasteiger partial charge in [0.25, 0.3) is 0 Å². The molecule has 1 fully saturated rings. The van der Waals surface area contributed by atoms with Gasteiger partial charge in [0.2, 0.25) is 0 Å². The van der Waals surface area contributed by atoms with Crippen molar-refractivity contribution < 1.29 is 9.13 Å². The number of hydrogen-bond acceptors (Lipinski definition) is 2. The number of imidazole rings is 1. The molecule has 2 heterocycles. The van der Waals surface area contributed by atoms with Crippen LogP contribution in [-0.2, 0) is 17.2 Å². The number of aromatic nitrogens is 2. The van der Waals surface area contributed by atoms with Crippen molar-refractivity contribution in [2.45, 2.75) is 37.8 Å². The Morgan fingerprint density at radius 3 is 3.05 bits per heavy atom. The zero-order chi connectivity index (χ0) is 13.2. The fourth-order valence-corrected chi connectivity index (χ4v) is 2.81. The Bertz CT molecular complexity index is 578. The Morgan fingerprint density at radius 2 is 2.32 bits per heavy atom. The largest absolute Gasteiger partial charge is 0.376 e. The monoisotopic (exact) mass is 282 g/mol. The van der Waals surface area contributed by atoms with Gasteiger partial charge in [-0.1, -0.05) is 0 Å². The van der Waals surface area contributed by atoms with E-state index in [-0.39, 0.29) is 11.9 Å². The minimum absolute atomic E-state index is 0.177. The van der Waals surface area contributed by atoms with Crippen molar-refractivity contribution in [3.8, 4) is 0 Å². The van der Waals surface area contributed by atoms with Crippen LogP contribution in [0.3, 0.4) is 0 Å². The summed E-state index contributed by atoms with van der Waals surface area (Å²) in [5.41, 5.74) is 1.58. The van der Waals surface area contributed by atoms with E-state index in [0.717, 1.165) is 36.3 Å². The van der Waals surface area contributed by atoms with E-state index in [1.165, 1.54) is 18.6 Å². The minimum Gasteiger partial charge on any atom is -0.376 e. The Balaban J connectivity index is 1.97. The highest BCUT2D eigenvalue weighted by molar-refractivity contribution is 6.16. The van der Waals surface area contributed by atoms with Crippen LogP contribution < -0.4 is 0 Å². The normalized spacial score (nSPS) is 20.0. The first kappa shape index (κ1) is 12.9. The number of benzene rings is 1. The molecule has 1 atom stereocenters. The van der Waals surface area contributed by atoms with Gasteiger partial charge in [-0.2, -0.15) is 0 Å². The number of rotatable bonds is 3. The Hall–Kier alpha value is -1.13. The predicted octanol–water partition coefficient (Wildman–Crippen LogP) is 3.48. The van der Waals surface area contributed by atoms with E-state index in [4.69, 9.17) is 16.3 Å². The molecular formula is C14H16ClFN2O. The van der Waals surface area contributed by atoms with Crippen LogP contribution in [0.25, 0.3) is 11.0 Å². The van der Waals surface area contributed by atoms with Crippen LogP contribution in [0.15, 0.2) is 18.2 Å². The average Bonchev–Trinajstić information content (AvgIpc) is 2.78. The van der Waals surface area contributed by atoms with Gasteiger partial charge in [0.15, 0.2) is 0 Å². The van der Waals surface area contributed by atoms with Gasteiger partial charge in [0.1, 0.15) is 11.6 Å². The fourth-order valence-electron chi connectivity index (χ4n) is 2.61. The molecule has 0 amide bonds. The Labute approximate surface area is 116 Å². The highest BCUT2D eigenvalue weighted by Crippen LogP contribution is 2.22. The van der Waals surface area contributed by atoms with Crippen molar-refractivity contribution in [3.63, 3.8) is 0 Å². The second-order valence-corrected chi connectivity index (χ2v) is 5.16. The number of hydrogen-bond donors (Lipinski definition) is 0. The summed E-state index contributed by atoms with van der Waals surface area (Å²) in [5.74, 6) is 0.846. The van der Waals surface area contributed by atoms with Crippen molar-refractivity contribution in [3.05, 3.63) is 29.8 Å². The van der Waals surface area contributed by atoms with Gasteiger partial charge < -0.3 is 9.30 Å². The number of fused-ring (bicyclic) bond motifs is 1. The van der Waals surface area contributed by atoms with Crippen LogP contribution >= 0.6 is 11.6 Å². The van der Waals surface area contributed by atoms with Crippen LogP contribution in [-0.4, -0.2) is 22.3 Å². The number of halogens is 2. The van der Waals surface area contributed by atoms with Gasteiger partial charge in [0, 0.05) is 6.61 Å². The third-order valence-electron chi connectivity index (χ3n) is 3.57. The molecule has 1 aliphatic heterocycles. The molecular weight excluding hydrogens is 267 g/mol. The summed E-state index contributed by atoms with van der Waals surface area (Å²) in [5, 5.41) is 0. The van der Waals surface area contributed by atoms with Crippen LogP contribution in [0.1, 0.15) is 25.1 Å². The standard InChI is InChI=1S/C14H16ClFN2O/c15-8-14-17-12-5-4-10(16)7-13(12)18(14)9-11-3-1-2-6-19-11/h4-5,7,11H,1-3,6,8-9H2. The van der Waals surface area contributed by atoms with Gasteiger partial charge in [-0.3, -0.25) is 0 Å². The Kier molecular flexibility index (Phi) is 3.71. The fraction of sp³-hybridized carbons (Fsp3) is 0.500. The molecule has 0 radical (unpaired) electrons. The number of alkyl halides is 1. The van der Waals surface area contributed by atoms with Gasteiger partial charge >= 0.3 is 0 Å². The van der Waals surface area contributed by atoms with E-state index in [2.05, 4.69) is 4.98 Å². The second-order valence-electron chi connectivity index (χ2n) is 4.89. The lowest BCUT2D eigenvalue weighted by atomic mass is 10.1. The molecule has 1 saturated heterocycles. The molecule has 1 unspecified atom stereocenters. The quantitative estimate of drug-likeness (QED) is 0.806. The van der Waals surface area contributed by atoms with Crippen LogP contribution in [0.2, 0.25) is 0 Å². The highest BCUT2D eigenvalue weighted by Gasteiger charge is 2.18. The Morgan fingerprint density at radius 1 is 1.42 bits per heavy atom. The van der Waals surface area contributed by atoms with E-state index in [1.807, 2.05) is 4.57 Å². The third-order valence-corrected chi connectivity index (χ3v) is 3.81. The van der Waals surface area contributed by atoms with Crippen molar-refractivity contribution in [2.75, 3.05) is 6.61 Å². The molecule has 102 valence electrons. The molecule has 3 nitrogen and oxygen atoms in total. The molecule has 1 aliphatic rings. The molecule has 0 aliphatic carbocycles. The van der Waals surface area contributed by atoms with Crippen LogP contribution in [0.5, 0.6) is 0 Å². The predicted molar refractivity (Wildman–Crippen MR) is 72.8 cm³/mol. The SMILES string of the molecule is Fc1ccc2nc(CCl)n(CC3CCCCO3)c2c1. The van der Waals surface area contributed by atoms with E-state index in [0.29, 0.717) is 12.4 Å². The maximum atomic E-state index is 13.4. The van der Waals surface area contributed by atoms with Crippen molar-refractivity contribution in [1.29, 1.82) is 0 Å². The number of ether oxygens (including phenoxy) is 1. The first-order chi connectivity index (χ1) is 9.28. The molecule has 2 aromatic rings. The van der Waals surface area contributed by atoms with Crippen molar-refractivity contribution in [1.82, 2.24) is 9.55 Å². The summed E-state index contributed by atoms with van der Waals surface area (Å²) < 4.78 is 21.1. The van der Waals surface area contributed by atoms with E-state index < -0.39 is 0 Å². The summed E-state index contributed by atoms with van der Waals surface area (Å²) in [4.78, 5) is 4.45. The average molecular weight is 283 g/mol. The lowest BCUT2D eigenvalue weighted by Gasteiger charge is -2.23. The summed E-state index contributed by atoms with van der Waals surface area (Å²) in [6.45, 7) is 1.50. The van der Waals surface area contributed by atoms with Gasteiger partial charge in [0.05, 0.1) is 29.6 Å². The van der Waals surface area contributed by atoms with Crippen molar-refractivity contribution >= 4 is 22.6 Å². The molecule has 3 rings (SSSR count). The van der Waals surface area contributed by atoms with Gasteiger partial charge in [-0.25, -0.2) is 9.37 Å². The molecule has 5 heteroatoms. The second kappa shape index (κ2) is 5.47. The number of nitrogens with zero attached hydrogens (tertiary/aromatic N) is 2. The van der Waals surface area contributed by atoms with Gasteiger partial charge in [-0.15, -0.1) is 11.6 Å². The lowest BCUT2D eigenvalue weighted by molar-refractivity contribution is 0.00627. The summed E-state index contributed by atoms with van der Waals surface area (Å²) in [6, 6.07) is 4.63. The highest BCUT2D eigenvalue weighted by atomic mass is 35.5. The first-order valence-corrected chi connectivity index (χ1v) is 7.13. The summed E-state index contributed by atoms with van der Waals surface area (Å²) >= 11 is 5.94. The zero-order valence-electron chi connectivity index (χ0n) is 10.6. The molecule has 0 spiro atoms. The smallest absolute Gasteiger partial charge is 0.125 e. The first-order valence-electron chi connectivity index (χ1n) is 6.60. The van der Waals surface area contributed by atoms with E-state index >= 15 is 0 Å². The maximum Gasteiger partial charge on any atom is 0.125 e.